The molecule has 0 aliphatic rings. The van der Waals surface area contributed by atoms with Gasteiger partial charge in [-0.25, -0.2) is 4.39 Å². The van der Waals surface area contributed by atoms with E-state index in [0.29, 0.717) is 17.3 Å². The van der Waals surface area contributed by atoms with Gasteiger partial charge in [0.25, 0.3) is 0 Å². The van der Waals surface area contributed by atoms with E-state index in [1.54, 1.807) is 6.92 Å². The molecular weight excluding hydrogens is 278 g/mol. The van der Waals surface area contributed by atoms with Crippen molar-refractivity contribution in [1.29, 1.82) is 0 Å². The lowest BCUT2D eigenvalue weighted by Gasteiger charge is -2.10. The Kier molecular flexibility index (Phi) is 4.03. The fourth-order valence-electron chi connectivity index (χ4n) is 1.63. The van der Waals surface area contributed by atoms with E-state index in [9.17, 15) is 17.6 Å². The molecule has 0 radical (unpaired) electrons. The first kappa shape index (κ1) is 14.4. The molecule has 0 saturated heterocycles. The van der Waals surface area contributed by atoms with Gasteiger partial charge in [0.15, 0.2) is 5.82 Å². The summed E-state index contributed by atoms with van der Waals surface area (Å²) in [6, 6.07) is 2.87. The van der Waals surface area contributed by atoms with Gasteiger partial charge in [0.2, 0.25) is 5.89 Å². The number of alkyl halides is 3. The van der Waals surface area contributed by atoms with Crippen LogP contribution in [0.25, 0.3) is 0 Å². The van der Waals surface area contributed by atoms with Crippen LogP contribution >= 0.6 is 0 Å². The van der Waals surface area contributed by atoms with Gasteiger partial charge < -0.3 is 9.84 Å². The van der Waals surface area contributed by atoms with Crippen LogP contribution in [0.3, 0.4) is 0 Å². The van der Waals surface area contributed by atoms with Crippen LogP contribution in [0.2, 0.25) is 0 Å². The highest BCUT2D eigenvalue weighted by Gasteiger charge is 2.34. The number of hydrogen-bond donors (Lipinski definition) is 1. The van der Waals surface area contributed by atoms with Crippen LogP contribution < -0.4 is 5.32 Å². The van der Waals surface area contributed by atoms with Gasteiger partial charge >= 0.3 is 6.18 Å². The molecule has 0 aliphatic heterocycles. The van der Waals surface area contributed by atoms with Crippen molar-refractivity contribution in [3.8, 4) is 0 Å². The predicted octanol–water partition coefficient (Wildman–Crippen LogP) is 2.83. The van der Waals surface area contributed by atoms with Crippen LogP contribution in [-0.4, -0.2) is 10.1 Å². The Morgan fingerprint density at radius 2 is 2.00 bits per heavy atom. The molecule has 1 aromatic carbocycles. The van der Waals surface area contributed by atoms with Crippen LogP contribution in [0.1, 0.15) is 22.8 Å². The maximum absolute atomic E-state index is 13.1. The Morgan fingerprint density at radius 1 is 1.25 bits per heavy atom. The number of nitrogens with zero attached hydrogens (tertiary/aromatic N) is 2. The minimum absolute atomic E-state index is 0.130. The van der Waals surface area contributed by atoms with Gasteiger partial charge in [0.1, 0.15) is 5.82 Å². The third kappa shape index (κ3) is 3.53. The summed E-state index contributed by atoms with van der Waals surface area (Å²) < 4.78 is 55.5. The molecule has 0 fully saturated rings. The molecule has 0 atom stereocenters. The summed E-state index contributed by atoms with van der Waals surface area (Å²) in [7, 11) is 0. The zero-order valence-electron chi connectivity index (χ0n) is 10.5. The molecule has 1 N–H and O–H groups in total. The lowest BCUT2D eigenvalue weighted by atomic mass is 10.1. The van der Waals surface area contributed by atoms with E-state index >= 15 is 0 Å². The first-order valence-corrected chi connectivity index (χ1v) is 5.72. The summed E-state index contributed by atoms with van der Waals surface area (Å²) in [5, 5.41) is 6.42. The average Bonchev–Trinajstić information content (AvgIpc) is 2.76. The third-order valence-corrected chi connectivity index (χ3v) is 2.51. The Hall–Kier alpha value is -1.96. The normalized spacial score (nSPS) is 11.8. The molecular formula is C12H11F4N3O. The van der Waals surface area contributed by atoms with Crippen molar-refractivity contribution in [2.75, 3.05) is 0 Å². The van der Waals surface area contributed by atoms with Gasteiger partial charge in [0.05, 0.1) is 12.1 Å². The summed E-state index contributed by atoms with van der Waals surface area (Å²) >= 11 is 0. The average molecular weight is 289 g/mol. The highest BCUT2D eigenvalue weighted by molar-refractivity contribution is 5.27. The minimum Gasteiger partial charge on any atom is -0.338 e. The van der Waals surface area contributed by atoms with Crippen LogP contribution in [0.4, 0.5) is 17.6 Å². The molecule has 20 heavy (non-hydrogen) atoms. The largest absolute Gasteiger partial charge is 0.419 e. The van der Waals surface area contributed by atoms with E-state index in [2.05, 4.69) is 15.5 Å². The molecule has 0 aliphatic carbocycles. The fraction of sp³-hybridized carbons (Fsp3) is 0.333. The van der Waals surface area contributed by atoms with E-state index in [-0.39, 0.29) is 13.1 Å². The molecule has 108 valence electrons. The number of aromatic nitrogens is 2. The highest BCUT2D eigenvalue weighted by atomic mass is 19.4. The second-order valence-electron chi connectivity index (χ2n) is 4.15. The standard InChI is InChI=1S/C12H11F4N3O/c1-7-18-11(20-19-7)6-17-5-8-2-3-10(13)9(4-8)12(14,15)16/h2-4,17H,5-6H2,1H3. The van der Waals surface area contributed by atoms with Crippen molar-refractivity contribution in [2.24, 2.45) is 0 Å². The minimum atomic E-state index is -4.70. The van der Waals surface area contributed by atoms with Gasteiger partial charge in [-0.2, -0.15) is 18.2 Å². The third-order valence-electron chi connectivity index (χ3n) is 2.51. The zero-order chi connectivity index (χ0) is 14.8. The van der Waals surface area contributed by atoms with Crippen molar-refractivity contribution >= 4 is 0 Å². The van der Waals surface area contributed by atoms with Gasteiger partial charge in [0, 0.05) is 6.54 Å². The van der Waals surface area contributed by atoms with Crippen LogP contribution in [0.15, 0.2) is 22.7 Å². The Morgan fingerprint density at radius 3 is 2.60 bits per heavy atom. The van der Waals surface area contributed by atoms with E-state index in [4.69, 9.17) is 4.52 Å². The Bertz CT molecular complexity index is 595. The zero-order valence-corrected chi connectivity index (χ0v) is 10.5. The molecule has 0 saturated carbocycles. The second-order valence-corrected chi connectivity index (χ2v) is 4.15. The molecule has 1 heterocycles. The second kappa shape index (κ2) is 5.58. The summed E-state index contributed by atoms with van der Waals surface area (Å²) in [6.45, 7) is 2.01. The number of nitrogens with one attached hydrogen (secondary N) is 1. The lowest BCUT2D eigenvalue weighted by molar-refractivity contribution is -0.140. The molecule has 0 unspecified atom stereocenters. The monoisotopic (exact) mass is 289 g/mol. The van der Waals surface area contributed by atoms with Gasteiger partial charge in [-0.3, -0.25) is 0 Å². The smallest absolute Gasteiger partial charge is 0.338 e. The maximum atomic E-state index is 13.1. The number of halogens is 4. The predicted molar refractivity (Wildman–Crippen MR) is 61.0 cm³/mol. The SMILES string of the molecule is Cc1noc(CNCc2ccc(F)c(C(F)(F)F)c2)n1. The molecule has 0 spiro atoms. The molecule has 2 rings (SSSR count). The summed E-state index contributed by atoms with van der Waals surface area (Å²) in [5.74, 6) is -0.475. The number of hydrogen-bond acceptors (Lipinski definition) is 4. The first-order valence-electron chi connectivity index (χ1n) is 5.72. The van der Waals surface area contributed by atoms with Crippen molar-refractivity contribution in [1.82, 2.24) is 15.5 Å². The number of rotatable bonds is 4. The van der Waals surface area contributed by atoms with Crippen LogP contribution in [0, 0.1) is 12.7 Å². The number of benzene rings is 1. The van der Waals surface area contributed by atoms with E-state index in [1.165, 1.54) is 6.07 Å². The van der Waals surface area contributed by atoms with E-state index in [0.717, 1.165) is 12.1 Å². The molecule has 1 aromatic heterocycles. The summed E-state index contributed by atoms with van der Waals surface area (Å²) in [6.07, 6.45) is -4.70. The van der Waals surface area contributed by atoms with E-state index in [1.807, 2.05) is 0 Å². The van der Waals surface area contributed by atoms with Gasteiger partial charge in [-0.05, 0) is 24.6 Å². The Balaban J connectivity index is 2.00. The van der Waals surface area contributed by atoms with Gasteiger partial charge in [-0.15, -0.1) is 0 Å². The highest BCUT2D eigenvalue weighted by Crippen LogP contribution is 2.31. The van der Waals surface area contributed by atoms with Crippen molar-refractivity contribution in [3.05, 3.63) is 46.9 Å². The molecule has 8 heteroatoms. The number of aryl methyl sites for hydroxylation is 1. The van der Waals surface area contributed by atoms with Crippen molar-refractivity contribution < 1.29 is 22.1 Å². The molecule has 0 amide bonds. The van der Waals surface area contributed by atoms with Crippen LogP contribution in [0.5, 0.6) is 0 Å². The maximum Gasteiger partial charge on any atom is 0.419 e. The first-order chi connectivity index (χ1) is 9.36. The van der Waals surface area contributed by atoms with E-state index < -0.39 is 17.6 Å². The van der Waals surface area contributed by atoms with Crippen molar-refractivity contribution in [2.45, 2.75) is 26.2 Å². The molecule has 4 nitrogen and oxygen atoms in total. The Labute approximate surface area is 111 Å². The molecule has 2 aromatic rings. The fourth-order valence-corrected chi connectivity index (χ4v) is 1.63. The van der Waals surface area contributed by atoms with Crippen molar-refractivity contribution in [3.63, 3.8) is 0 Å². The van der Waals surface area contributed by atoms with Gasteiger partial charge in [-0.1, -0.05) is 11.2 Å². The lowest BCUT2D eigenvalue weighted by Crippen LogP contribution is -2.15. The quantitative estimate of drug-likeness (QED) is 0.879. The molecule has 0 bridgehead atoms. The summed E-state index contributed by atoms with van der Waals surface area (Å²) in [4.78, 5) is 3.93. The van der Waals surface area contributed by atoms with Crippen LogP contribution in [-0.2, 0) is 19.3 Å². The summed E-state index contributed by atoms with van der Waals surface area (Å²) in [5.41, 5.74) is -0.958. The topological polar surface area (TPSA) is 51.0 Å².